The SMILES string of the molecule is C[C@H](O)c1ccc(C2(CNS(=O)(=O)c3ccc(OC(F)(F)F)cc3)CCCC2)s1. The van der Waals surface area contributed by atoms with Crippen LogP contribution < -0.4 is 9.46 Å². The maximum atomic E-state index is 12.7. The largest absolute Gasteiger partial charge is 0.573 e. The summed E-state index contributed by atoms with van der Waals surface area (Å²) < 4.78 is 68.5. The van der Waals surface area contributed by atoms with E-state index in [4.69, 9.17) is 0 Å². The quantitative estimate of drug-likeness (QED) is 0.653. The lowest BCUT2D eigenvalue weighted by Gasteiger charge is -2.28. The van der Waals surface area contributed by atoms with Crippen LogP contribution in [0.4, 0.5) is 13.2 Å². The third-order valence-corrected chi connectivity index (χ3v) is 8.01. The summed E-state index contributed by atoms with van der Waals surface area (Å²) in [5.74, 6) is -0.479. The molecule has 0 radical (unpaired) electrons. The molecule has 1 saturated carbocycles. The summed E-state index contributed by atoms with van der Waals surface area (Å²) in [6, 6.07) is 7.92. The van der Waals surface area contributed by atoms with Gasteiger partial charge in [-0.15, -0.1) is 24.5 Å². The summed E-state index contributed by atoms with van der Waals surface area (Å²) in [5, 5.41) is 9.78. The molecule has 0 saturated heterocycles. The second-order valence-corrected chi connectivity index (χ2v) is 10.1. The van der Waals surface area contributed by atoms with Gasteiger partial charge in [-0.3, -0.25) is 0 Å². The van der Waals surface area contributed by atoms with Crippen molar-refractivity contribution >= 4 is 21.4 Å². The zero-order chi connectivity index (χ0) is 21.3. The number of nitrogens with one attached hydrogen (secondary N) is 1. The molecule has 1 aromatic heterocycles. The number of rotatable bonds is 7. The Morgan fingerprint density at radius 1 is 1.17 bits per heavy atom. The zero-order valence-corrected chi connectivity index (χ0v) is 17.3. The van der Waals surface area contributed by atoms with Crippen LogP contribution in [-0.2, 0) is 15.4 Å². The number of alkyl halides is 3. The Hall–Kier alpha value is -1.62. The predicted molar refractivity (Wildman–Crippen MR) is 103 cm³/mol. The normalized spacial score (nSPS) is 18.0. The molecule has 0 spiro atoms. The number of sulfonamides is 1. The van der Waals surface area contributed by atoms with Gasteiger partial charge < -0.3 is 9.84 Å². The van der Waals surface area contributed by atoms with E-state index in [9.17, 15) is 26.7 Å². The van der Waals surface area contributed by atoms with E-state index >= 15 is 0 Å². The Morgan fingerprint density at radius 2 is 1.79 bits per heavy atom. The van der Waals surface area contributed by atoms with Crippen molar-refractivity contribution in [1.82, 2.24) is 4.72 Å². The number of hydrogen-bond donors (Lipinski definition) is 2. The molecule has 5 nitrogen and oxygen atoms in total. The molecule has 0 amide bonds. The summed E-state index contributed by atoms with van der Waals surface area (Å²) in [5.41, 5.74) is -0.343. The maximum Gasteiger partial charge on any atom is 0.573 e. The topological polar surface area (TPSA) is 75.6 Å². The van der Waals surface area contributed by atoms with Crippen molar-refractivity contribution in [1.29, 1.82) is 0 Å². The smallest absolute Gasteiger partial charge is 0.406 e. The molecule has 160 valence electrons. The molecule has 29 heavy (non-hydrogen) atoms. The second kappa shape index (κ2) is 8.25. The lowest BCUT2D eigenvalue weighted by atomic mass is 9.85. The average molecular weight is 450 g/mol. The van der Waals surface area contributed by atoms with E-state index < -0.39 is 28.2 Å². The van der Waals surface area contributed by atoms with Crippen molar-refractivity contribution < 1.29 is 31.4 Å². The van der Waals surface area contributed by atoms with Crippen molar-refractivity contribution in [2.75, 3.05) is 6.54 Å². The highest BCUT2D eigenvalue weighted by Crippen LogP contribution is 2.44. The minimum Gasteiger partial charge on any atom is -0.406 e. The van der Waals surface area contributed by atoms with Gasteiger partial charge in [-0.05, 0) is 56.2 Å². The van der Waals surface area contributed by atoms with Crippen LogP contribution in [0.5, 0.6) is 5.75 Å². The summed E-state index contributed by atoms with van der Waals surface area (Å²) in [7, 11) is -3.90. The first-order valence-corrected chi connectivity index (χ1v) is 11.4. The van der Waals surface area contributed by atoms with E-state index in [0.717, 1.165) is 59.7 Å². The molecule has 1 aromatic carbocycles. The minimum atomic E-state index is -4.83. The van der Waals surface area contributed by atoms with E-state index in [-0.39, 0.29) is 16.9 Å². The highest BCUT2D eigenvalue weighted by Gasteiger charge is 2.38. The number of hydrogen-bond acceptors (Lipinski definition) is 5. The van der Waals surface area contributed by atoms with E-state index in [0.29, 0.717) is 0 Å². The van der Waals surface area contributed by atoms with Crippen LogP contribution in [-0.4, -0.2) is 26.4 Å². The highest BCUT2D eigenvalue weighted by molar-refractivity contribution is 7.89. The fourth-order valence-corrected chi connectivity index (χ4v) is 5.88. The first kappa shape index (κ1) is 22.1. The molecule has 2 aromatic rings. The van der Waals surface area contributed by atoms with Gasteiger partial charge in [0.15, 0.2) is 0 Å². The van der Waals surface area contributed by atoms with E-state index in [2.05, 4.69) is 9.46 Å². The van der Waals surface area contributed by atoms with Crippen LogP contribution in [0.2, 0.25) is 0 Å². The number of thiophene rings is 1. The zero-order valence-electron chi connectivity index (χ0n) is 15.7. The highest BCUT2D eigenvalue weighted by atomic mass is 32.2. The Morgan fingerprint density at radius 3 is 2.31 bits per heavy atom. The lowest BCUT2D eigenvalue weighted by Crippen LogP contribution is -2.38. The van der Waals surface area contributed by atoms with Gasteiger partial charge in [0, 0.05) is 21.7 Å². The van der Waals surface area contributed by atoms with E-state index in [1.54, 1.807) is 6.92 Å². The fraction of sp³-hybridized carbons (Fsp3) is 0.474. The minimum absolute atomic E-state index is 0.129. The fourth-order valence-electron chi connectivity index (χ4n) is 3.56. The van der Waals surface area contributed by atoms with Crippen molar-refractivity contribution in [3.63, 3.8) is 0 Å². The first-order valence-electron chi connectivity index (χ1n) is 9.15. The summed E-state index contributed by atoms with van der Waals surface area (Å²) >= 11 is 1.48. The second-order valence-electron chi connectivity index (χ2n) is 7.21. The summed E-state index contributed by atoms with van der Waals surface area (Å²) in [4.78, 5) is 1.73. The van der Waals surface area contributed by atoms with E-state index in [1.165, 1.54) is 11.3 Å². The van der Waals surface area contributed by atoms with Gasteiger partial charge in [-0.25, -0.2) is 13.1 Å². The third kappa shape index (κ3) is 5.30. The standard InChI is InChI=1S/C19H22F3NO4S2/c1-13(24)16-8-9-17(28-16)18(10-2-3-11-18)12-23-29(25,26)15-6-4-14(5-7-15)27-19(20,21)22/h4-9,13,23-24H,2-3,10-12H2,1H3/t13-/m0/s1. The lowest BCUT2D eigenvalue weighted by molar-refractivity contribution is -0.274. The molecular weight excluding hydrogens is 427 g/mol. The van der Waals surface area contributed by atoms with Crippen LogP contribution in [0.15, 0.2) is 41.3 Å². The Balaban J connectivity index is 1.75. The number of aliphatic hydroxyl groups excluding tert-OH is 1. The van der Waals surface area contributed by atoms with Gasteiger partial charge in [0.1, 0.15) is 5.75 Å². The van der Waals surface area contributed by atoms with Crippen LogP contribution in [0.3, 0.4) is 0 Å². The summed E-state index contributed by atoms with van der Waals surface area (Å²) in [6.07, 6.45) is -1.80. The Kier molecular flexibility index (Phi) is 6.28. The third-order valence-electron chi connectivity index (χ3n) is 5.09. The van der Waals surface area contributed by atoms with Gasteiger partial charge in [0.05, 0.1) is 11.0 Å². The van der Waals surface area contributed by atoms with Gasteiger partial charge in [0.2, 0.25) is 10.0 Å². The van der Waals surface area contributed by atoms with Crippen molar-refractivity contribution in [3.8, 4) is 5.75 Å². The van der Waals surface area contributed by atoms with Crippen molar-refractivity contribution in [3.05, 3.63) is 46.2 Å². The Labute approximate surface area is 171 Å². The molecule has 0 bridgehead atoms. The molecule has 1 aliphatic carbocycles. The molecule has 1 atom stereocenters. The van der Waals surface area contributed by atoms with E-state index in [1.807, 2.05) is 12.1 Å². The first-order chi connectivity index (χ1) is 13.5. The molecule has 1 heterocycles. The monoisotopic (exact) mass is 449 g/mol. The summed E-state index contributed by atoms with van der Waals surface area (Å²) in [6.45, 7) is 1.88. The van der Waals surface area contributed by atoms with Crippen LogP contribution >= 0.6 is 11.3 Å². The number of halogens is 3. The number of benzene rings is 1. The maximum absolute atomic E-state index is 12.7. The van der Waals surface area contributed by atoms with Crippen molar-refractivity contribution in [2.24, 2.45) is 0 Å². The van der Waals surface area contributed by atoms with Gasteiger partial charge >= 0.3 is 6.36 Å². The predicted octanol–water partition coefficient (Wildman–Crippen LogP) is 4.49. The number of ether oxygens (including phenoxy) is 1. The molecular formula is C19H22F3NO4S2. The van der Waals surface area contributed by atoms with Gasteiger partial charge in [-0.2, -0.15) is 0 Å². The van der Waals surface area contributed by atoms with Crippen LogP contribution in [0, 0.1) is 0 Å². The van der Waals surface area contributed by atoms with Gasteiger partial charge in [0.25, 0.3) is 0 Å². The Bertz CT molecular complexity index is 931. The van der Waals surface area contributed by atoms with Crippen LogP contribution in [0.1, 0.15) is 48.5 Å². The van der Waals surface area contributed by atoms with Crippen molar-refractivity contribution in [2.45, 2.75) is 55.4 Å². The molecule has 1 fully saturated rings. The molecule has 10 heteroatoms. The number of aliphatic hydroxyl groups is 1. The van der Waals surface area contributed by atoms with Gasteiger partial charge in [-0.1, -0.05) is 12.8 Å². The average Bonchev–Trinajstić information content (AvgIpc) is 3.30. The molecule has 3 rings (SSSR count). The molecule has 1 aliphatic rings. The molecule has 0 aliphatic heterocycles. The molecule has 2 N–H and O–H groups in total. The van der Waals surface area contributed by atoms with Crippen LogP contribution in [0.25, 0.3) is 0 Å². The molecule has 0 unspecified atom stereocenters.